The number of nitrogens with one attached hydrogen (secondary N) is 1. The lowest BCUT2D eigenvalue weighted by Crippen LogP contribution is -2.37. The molecular formula is C15H25NO. The predicted octanol–water partition coefficient (Wildman–Crippen LogP) is 3.24. The number of hydrogen-bond donors (Lipinski definition) is 1. The Morgan fingerprint density at radius 1 is 1.12 bits per heavy atom. The van der Waals surface area contributed by atoms with Gasteiger partial charge in [0.1, 0.15) is 5.75 Å². The molecule has 1 N–H and O–H groups in total. The topological polar surface area (TPSA) is 21.3 Å². The molecule has 0 aromatic heterocycles. The Morgan fingerprint density at radius 3 is 2.24 bits per heavy atom. The minimum absolute atomic E-state index is 0.174. The Balaban J connectivity index is 2.73. The van der Waals surface area contributed by atoms with E-state index in [0.29, 0.717) is 0 Å². The summed E-state index contributed by atoms with van der Waals surface area (Å²) in [5, 5.41) is 3.50. The van der Waals surface area contributed by atoms with Crippen LogP contribution in [-0.4, -0.2) is 19.2 Å². The third-order valence-corrected chi connectivity index (χ3v) is 2.95. The van der Waals surface area contributed by atoms with Gasteiger partial charge in [-0.3, -0.25) is 0 Å². The molecule has 0 bridgehead atoms. The van der Waals surface area contributed by atoms with Crippen LogP contribution < -0.4 is 10.1 Å². The van der Waals surface area contributed by atoms with Gasteiger partial charge in [-0.25, -0.2) is 0 Å². The van der Waals surface area contributed by atoms with Crippen molar-refractivity contribution >= 4 is 0 Å². The molecule has 0 atom stereocenters. The van der Waals surface area contributed by atoms with Gasteiger partial charge >= 0.3 is 0 Å². The minimum atomic E-state index is 0.174. The van der Waals surface area contributed by atoms with Crippen molar-refractivity contribution in [3.63, 3.8) is 0 Å². The van der Waals surface area contributed by atoms with Crippen LogP contribution in [-0.2, 0) is 6.42 Å². The molecule has 1 aromatic rings. The summed E-state index contributed by atoms with van der Waals surface area (Å²) in [4.78, 5) is 0. The number of benzene rings is 1. The molecule has 0 saturated carbocycles. The summed E-state index contributed by atoms with van der Waals surface area (Å²) >= 11 is 0. The second kappa shape index (κ2) is 5.54. The van der Waals surface area contributed by atoms with E-state index in [1.54, 1.807) is 7.11 Å². The summed E-state index contributed by atoms with van der Waals surface area (Å²) in [6.45, 7) is 11.8. The molecule has 0 fully saturated rings. The van der Waals surface area contributed by atoms with Gasteiger partial charge in [-0.15, -0.1) is 0 Å². The lowest BCUT2D eigenvalue weighted by atomic mass is 10.0. The fourth-order valence-corrected chi connectivity index (χ4v) is 1.81. The molecule has 0 unspecified atom stereocenters. The molecular weight excluding hydrogens is 210 g/mol. The average molecular weight is 235 g/mol. The monoisotopic (exact) mass is 235 g/mol. The van der Waals surface area contributed by atoms with Gasteiger partial charge in [0.2, 0.25) is 0 Å². The van der Waals surface area contributed by atoms with E-state index in [1.807, 2.05) is 0 Å². The maximum Gasteiger partial charge on any atom is 0.122 e. The van der Waals surface area contributed by atoms with Crippen LogP contribution >= 0.6 is 0 Å². The SMILES string of the molecule is COc1cc(C)c(C)cc1CCNC(C)(C)C. The van der Waals surface area contributed by atoms with E-state index in [0.717, 1.165) is 18.7 Å². The van der Waals surface area contributed by atoms with Crippen molar-refractivity contribution in [3.05, 3.63) is 28.8 Å². The first-order valence-corrected chi connectivity index (χ1v) is 6.22. The van der Waals surface area contributed by atoms with Crippen molar-refractivity contribution in [2.45, 2.75) is 46.6 Å². The summed E-state index contributed by atoms with van der Waals surface area (Å²) in [5.41, 5.74) is 4.07. The number of hydrogen-bond acceptors (Lipinski definition) is 2. The van der Waals surface area contributed by atoms with E-state index in [9.17, 15) is 0 Å². The Bertz CT molecular complexity index is 377. The first kappa shape index (κ1) is 14.0. The molecule has 2 heteroatoms. The molecule has 17 heavy (non-hydrogen) atoms. The standard InChI is InChI=1S/C15H25NO/c1-11-9-13(7-8-16-15(3,4)5)14(17-6)10-12(11)2/h9-10,16H,7-8H2,1-6H3. The van der Waals surface area contributed by atoms with Crippen LogP contribution in [0.5, 0.6) is 5.75 Å². The van der Waals surface area contributed by atoms with Crippen LogP contribution in [0.1, 0.15) is 37.5 Å². The maximum atomic E-state index is 5.44. The van der Waals surface area contributed by atoms with E-state index in [2.05, 4.69) is 52.1 Å². The quantitative estimate of drug-likeness (QED) is 0.865. The van der Waals surface area contributed by atoms with Gasteiger partial charge in [-0.2, -0.15) is 0 Å². The molecule has 0 heterocycles. The Kier molecular flexibility index (Phi) is 4.58. The van der Waals surface area contributed by atoms with Crippen molar-refractivity contribution in [2.75, 3.05) is 13.7 Å². The molecule has 0 aliphatic heterocycles. The number of methoxy groups -OCH3 is 1. The third-order valence-electron chi connectivity index (χ3n) is 2.95. The Morgan fingerprint density at radius 2 is 1.71 bits per heavy atom. The van der Waals surface area contributed by atoms with Crippen molar-refractivity contribution < 1.29 is 4.74 Å². The highest BCUT2D eigenvalue weighted by Crippen LogP contribution is 2.23. The van der Waals surface area contributed by atoms with Crippen LogP contribution in [0.15, 0.2) is 12.1 Å². The molecule has 0 radical (unpaired) electrons. The van der Waals surface area contributed by atoms with Crippen LogP contribution in [0.25, 0.3) is 0 Å². The van der Waals surface area contributed by atoms with Crippen LogP contribution in [0.3, 0.4) is 0 Å². The zero-order valence-corrected chi connectivity index (χ0v) is 12.0. The summed E-state index contributed by atoms with van der Waals surface area (Å²) < 4.78 is 5.44. The van der Waals surface area contributed by atoms with E-state index >= 15 is 0 Å². The van der Waals surface area contributed by atoms with E-state index < -0.39 is 0 Å². The average Bonchev–Trinajstić information content (AvgIpc) is 2.21. The lowest BCUT2D eigenvalue weighted by molar-refractivity contribution is 0.402. The number of aryl methyl sites for hydroxylation is 2. The molecule has 1 rings (SSSR count). The van der Waals surface area contributed by atoms with Crippen molar-refractivity contribution in [1.29, 1.82) is 0 Å². The van der Waals surface area contributed by atoms with Gasteiger partial charge in [0.05, 0.1) is 7.11 Å². The predicted molar refractivity (Wildman–Crippen MR) is 73.9 cm³/mol. The van der Waals surface area contributed by atoms with Gasteiger partial charge in [0.15, 0.2) is 0 Å². The second-order valence-electron chi connectivity index (χ2n) is 5.68. The van der Waals surface area contributed by atoms with Crippen LogP contribution in [0, 0.1) is 13.8 Å². The van der Waals surface area contributed by atoms with Gasteiger partial charge < -0.3 is 10.1 Å². The molecule has 0 aliphatic carbocycles. The van der Waals surface area contributed by atoms with Crippen molar-refractivity contribution in [3.8, 4) is 5.75 Å². The number of rotatable bonds is 4. The fourth-order valence-electron chi connectivity index (χ4n) is 1.81. The summed E-state index contributed by atoms with van der Waals surface area (Å²) in [6, 6.07) is 4.36. The normalized spacial score (nSPS) is 11.6. The minimum Gasteiger partial charge on any atom is -0.496 e. The Hall–Kier alpha value is -1.02. The zero-order valence-electron chi connectivity index (χ0n) is 12.0. The fraction of sp³-hybridized carbons (Fsp3) is 0.600. The smallest absolute Gasteiger partial charge is 0.122 e. The van der Waals surface area contributed by atoms with Gasteiger partial charge in [-0.1, -0.05) is 6.07 Å². The van der Waals surface area contributed by atoms with E-state index in [1.165, 1.54) is 16.7 Å². The highest BCUT2D eigenvalue weighted by atomic mass is 16.5. The van der Waals surface area contributed by atoms with E-state index in [-0.39, 0.29) is 5.54 Å². The Labute approximate surface area is 105 Å². The first-order chi connectivity index (χ1) is 7.83. The van der Waals surface area contributed by atoms with E-state index in [4.69, 9.17) is 4.74 Å². The van der Waals surface area contributed by atoms with Gasteiger partial charge in [0.25, 0.3) is 0 Å². The molecule has 0 amide bonds. The summed E-state index contributed by atoms with van der Waals surface area (Å²) in [6.07, 6.45) is 1.00. The van der Waals surface area contributed by atoms with Gasteiger partial charge in [-0.05, 0) is 70.3 Å². The molecule has 96 valence electrons. The summed E-state index contributed by atoms with van der Waals surface area (Å²) in [7, 11) is 1.74. The van der Waals surface area contributed by atoms with Crippen molar-refractivity contribution in [1.82, 2.24) is 5.32 Å². The number of ether oxygens (including phenoxy) is 1. The molecule has 1 aromatic carbocycles. The maximum absolute atomic E-state index is 5.44. The third kappa shape index (κ3) is 4.39. The zero-order chi connectivity index (χ0) is 13.1. The lowest BCUT2D eigenvalue weighted by Gasteiger charge is -2.21. The summed E-state index contributed by atoms with van der Waals surface area (Å²) in [5.74, 6) is 1.00. The molecule has 0 saturated heterocycles. The molecule has 0 spiro atoms. The molecule has 2 nitrogen and oxygen atoms in total. The van der Waals surface area contributed by atoms with Gasteiger partial charge in [0, 0.05) is 5.54 Å². The van der Waals surface area contributed by atoms with Crippen molar-refractivity contribution in [2.24, 2.45) is 0 Å². The molecule has 0 aliphatic rings. The highest BCUT2D eigenvalue weighted by Gasteiger charge is 2.10. The van der Waals surface area contributed by atoms with Crippen LogP contribution in [0.2, 0.25) is 0 Å². The second-order valence-corrected chi connectivity index (χ2v) is 5.68. The van der Waals surface area contributed by atoms with Crippen LogP contribution in [0.4, 0.5) is 0 Å². The first-order valence-electron chi connectivity index (χ1n) is 6.22. The largest absolute Gasteiger partial charge is 0.496 e. The highest BCUT2D eigenvalue weighted by molar-refractivity contribution is 5.41.